The van der Waals surface area contributed by atoms with E-state index >= 15 is 0 Å². The minimum Gasteiger partial charge on any atom is -0.385 e. The highest BCUT2D eigenvalue weighted by Crippen LogP contribution is 2.28. The maximum atomic E-state index is 13.3. The van der Waals surface area contributed by atoms with Crippen LogP contribution in [0.4, 0.5) is 9.18 Å². The van der Waals surface area contributed by atoms with Crippen molar-refractivity contribution in [1.29, 1.82) is 0 Å². The van der Waals surface area contributed by atoms with Gasteiger partial charge in [0.2, 0.25) is 0 Å². The highest BCUT2D eigenvalue weighted by molar-refractivity contribution is 5.99. The molecular formula is C27H47FN4O3. The van der Waals surface area contributed by atoms with Gasteiger partial charge in [-0.3, -0.25) is 4.79 Å². The van der Waals surface area contributed by atoms with Crippen molar-refractivity contribution >= 4 is 11.9 Å². The number of likely N-dealkylation sites (N-methyl/N-ethyl adjacent to an activating group) is 1. The van der Waals surface area contributed by atoms with Crippen molar-refractivity contribution in [1.82, 2.24) is 20.9 Å². The Morgan fingerprint density at radius 3 is 2.49 bits per heavy atom. The van der Waals surface area contributed by atoms with Crippen LogP contribution >= 0.6 is 0 Å². The van der Waals surface area contributed by atoms with E-state index in [2.05, 4.69) is 29.8 Å². The van der Waals surface area contributed by atoms with Crippen LogP contribution in [0, 0.1) is 11.7 Å². The van der Waals surface area contributed by atoms with E-state index in [1.165, 1.54) is 63.1 Å². The zero-order valence-electron chi connectivity index (χ0n) is 22.4. The van der Waals surface area contributed by atoms with Gasteiger partial charge in [-0.15, -0.1) is 0 Å². The highest BCUT2D eigenvalue weighted by Gasteiger charge is 2.29. The molecule has 1 unspecified atom stereocenters. The molecule has 1 aliphatic heterocycles. The van der Waals surface area contributed by atoms with Gasteiger partial charge < -0.3 is 25.6 Å². The molecule has 1 saturated carbocycles. The fourth-order valence-electron chi connectivity index (χ4n) is 4.02. The average Bonchev–Trinajstić information content (AvgIpc) is 3.17. The molecule has 1 aliphatic carbocycles. The Bertz CT molecular complexity index is 737. The van der Waals surface area contributed by atoms with Crippen molar-refractivity contribution in [3.8, 4) is 0 Å². The second-order valence-corrected chi connectivity index (χ2v) is 9.39. The molecule has 200 valence electrons. The molecule has 0 spiro atoms. The van der Waals surface area contributed by atoms with Crippen LogP contribution in [0.1, 0.15) is 87.2 Å². The number of nitrogens with one attached hydrogen (secondary N) is 3. The number of nitrogens with zero attached hydrogens (tertiary/aromatic N) is 1. The maximum absolute atomic E-state index is 13.3. The smallest absolute Gasteiger partial charge is 0.317 e. The Kier molecular flexibility index (Phi) is 16.0. The van der Waals surface area contributed by atoms with Crippen LogP contribution in [0.2, 0.25) is 0 Å². The van der Waals surface area contributed by atoms with Gasteiger partial charge in [0.05, 0.1) is 6.04 Å². The van der Waals surface area contributed by atoms with Crippen LogP contribution in [0.25, 0.3) is 0 Å². The number of benzene rings is 1. The summed E-state index contributed by atoms with van der Waals surface area (Å²) in [6.07, 6.45) is 10.4. The zero-order chi connectivity index (χ0) is 26.1. The minimum atomic E-state index is -0.363. The minimum absolute atomic E-state index is 0.168. The van der Waals surface area contributed by atoms with Crippen LogP contribution < -0.4 is 16.0 Å². The molecule has 3 N–H and O–H groups in total. The number of hydrogen-bond donors (Lipinski definition) is 3. The Morgan fingerprint density at radius 2 is 1.94 bits per heavy atom. The van der Waals surface area contributed by atoms with Crippen molar-refractivity contribution in [3.05, 3.63) is 35.1 Å². The Morgan fingerprint density at radius 1 is 1.23 bits per heavy atom. The lowest BCUT2D eigenvalue weighted by Gasteiger charge is -2.20. The SMILES string of the molecule is CC1CCCCC1.CCCCOC.CNCCNC(=O)N(C)CCC1NC(=O)c2ccc(F)cc21. The lowest BCUT2D eigenvalue weighted by Crippen LogP contribution is -2.41. The predicted octanol–water partition coefficient (Wildman–Crippen LogP) is 4.88. The van der Waals surface area contributed by atoms with E-state index in [0.717, 1.165) is 12.5 Å². The van der Waals surface area contributed by atoms with Crippen molar-refractivity contribution in [2.75, 3.05) is 47.4 Å². The number of methoxy groups -OCH3 is 1. The lowest BCUT2D eigenvalue weighted by atomic mass is 9.91. The van der Waals surface area contributed by atoms with Crippen LogP contribution in [0.3, 0.4) is 0 Å². The first-order chi connectivity index (χ1) is 16.8. The molecule has 1 aromatic rings. The van der Waals surface area contributed by atoms with Crippen LogP contribution in [-0.2, 0) is 4.74 Å². The van der Waals surface area contributed by atoms with Gasteiger partial charge in [0.15, 0.2) is 0 Å². The third-order valence-electron chi connectivity index (χ3n) is 6.29. The van der Waals surface area contributed by atoms with Crippen LogP contribution in [0.15, 0.2) is 18.2 Å². The molecule has 35 heavy (non-hydrogen) atoms. The van der Waals surface area contributed by atoms with E-state index in [1.807, 2.05) is 7.05 Å². The molecule has 3 rings (SSSR count). The fraction of sp³-hybridized carbons (Fsp3) is 0.704. The van der Waals surface area contributed by atoms with E-state index in [9.17, 15) is 14.0 Å². The van der Waals surface area contributed by atoms with Crippen molar-refractivity contribution < 1.29 is 18.7 Å². The third kappa shape index (κ3) is 12.4. The molecule has 0 saturated heterocycles. The van der Waals surface area contributed by atoms with E-state index in [1.54, 1.807) is 19.1 Å². The van der Waals surface area contributed by atoms with E-state index in [0.29, 0.717) is 37.2 Å². The molecule has 1 fully saturated rings. The molecule has 3 amide bonds. The number of carbonyl (C=O) groups excluding carboxylic acids is 2. The molecule has 0 aromatic heterocycles. The summed E-state index contributed by atoms with van der Waals surface area (Å²) >= 11 is 0. The van der Waals surface area contributed by atoms with Crippen molar-refractivity contribution in [3.63, 3.8) is 0 Å². The Balaban J connectivity index is 0.000000384. The molecule has 1 aromatic carbocycles. The lowest BCUT2D eigenvalue weighted by molar-refractivity contribution is 0.0954. The summed E-state index contributed by atoms with van der Waals surface area (Å²) in [5.74, 6) is 0.480. The number of hydrogen-bond acceptors (Lipinski definition) is 4. The molecule has 1 heterocycles. The van der Waals surface area contributed by atoms with Gasteiger partial charge in [-0.05, 0) is 49.6 Å². The van der Waals surface area contributed by atoms with Gasteiger partial charge in [-0.25, -0.2) is 9.18 Å². The summed E-state index contributed by atoms with van der Waals surface area (Å²) in [6, 6.07) is 3.73. The van der Waals surface area contributed by atoms with E-state index < -0.39 is 0 Å². The second kappa shape index (κ2) is 18.1. The maximum Gasteiger partial charge on any atom is 0.317 e. The van der Waals surface area contributed by atoms with Gasteiger partial charge in [-0.2, -0.15) is 0 Å². The first-order valence-corrected chi connectivity index (χ1v) is 13.1. The van der Waals surface area contributed by atoms with Gasteiger partial charge >= 0.3 is 6.03 Å². The fourth-order valence-corrected chi connectivity index (χ4v) is 4.02. The summed E-state index contributed by atoms with van der Waals surface area (Å²) in [4.78, 5) is 25.2. The number of unbranched alkanes of at least 4 members (excludes halogenated alkanes) is 1. The average molecular weight is 495 g/mol. The molecule has 8 heteroatoms. The quantitative estimate of drug-likeness (QED) is 0.427. The molecule has 0 bridgehead atoms. The third-order valence-corrected chi connectivity index (χ3v) is 6.29. The number of amides is 3. The summed E-state index contributed by atoms with van der Waals surface area (Å²) < 4.78 is 18.1. The summed E-state index contributed by atoms with van der Waals surface area (Å²) in [7, 11) is 5.24. The monoisotopic (exact) mass is 494 g/mol. The van der Waals surface area contributed by atoms with Crippen LogP contribution in [-0.4, -0.2) is 64.3 Å². The number of urea groups is 1. The summed E-state index contributed by atoms with van der Waals surface area (Å²) in [5.41, 5.74) is 1.17. The standard InChI is InChI=1S/C15H21FN4O2.C7H14.C5H12O/c1-17-6-7-18-15(22)20(2)8-5-13-12-9-10(16)3-4-11(12)14(21)19-13;1-7-5-3-2-4-6-7;1-3-4-5-6-2/h3-4,9,13,17H,5-8H2,1-2H3,(H,18,22)(H,19,21);7H,2-6H2,1H3;3-5H2,1-2H3. The molecule has 0 radical (unpaired) electrons. The molecular weight excluding hydrogens is 447 g/mol. The van der Waals surface area contributed by atoms with Gasteiger partial charge in [0.1, 0.15) is 5.82 Å². The number of carbonyl (C=O) groups is 2. The Labute approximate surface area is 211 Å². The first-order valence-electron chi connectivity index (χ1n) is 13.1. The van der Waals surface area contributed by atoms with Gasteiger partial charge in [0, 0.05) is 46.0 Å². The van der Waals surface area contributed by atoms with Gasteiger partial charge in [0.25, 0.3) is 5.91 Å². The second-order valence-electron chi connectivity index (χ2n) is 9.39. The summed E-state index contributed by atoms with van der Waals surface area (Å²) in [6.45, 7) is 7.14. The normalized spacial score (nSPS) is 16.7. The zero-order valence-corrected chi connectivity index (χ0v) is 22.4. The largest absolute Gasteiger partial charge is 0.385 e. The van der Waals surface area contributed by atoms with E-state index in [4.69, 9.17) is 4.74 Å². The topological polar surface area (TPSA) is 82.7 Å². The van der Waals surface area contributed by atoms with Crippen LogP contribution in [0.5, 0.6) is 0 Å². The van der Waals surface area contributed by atoms with Gasteiger partial charge in [-0.1, -0.05) is 52.4 Å². The molecule has 7 nitrogen and oxygen atoms in total. The Hall–Kier alpha value is -2.19. The number of rotatable bonds is 9. The van der Waals surface area contributed by atoms with E-state index in [-0.39, 0.29) is 23.8 Å². The number of fused-ring (bicyclic) bond motifs is 1. The number of ether oxygens (including phenoxy) is 1. The number of halogens is 1. The molecule has 1 atom stereocenters. The predicted molar refractivity (Wildman–Crippen MR) is 140 cm³/mol. The first kappa shape index (κ1) is 30.8. The van der Waals surface area contributed by atoms with Crippen molar-refractivity contribution in [2.24, 2.45) is 5.92 Å². The molecule has 2 aliphatic rings. The summed E-state index contributed by atoms with van der Waals surface area (Å²) in [5, 5.41) is 8.54. The van der Waals surface area contributed by atoms with Crippen molar-refractivity contribution in [2.45, 2.75) is 71.3 Å². The highest BCUT2D eigenvalue weighted by atomic mass is 19.1.